The second-order valence-corrected chi connectivity index (χ2v) is 8.08. The molecule has 28 heavy (non-hydrogen) atoms. The molecule has 1 aromatic carbocycles. The Morgan fingerprint density at radius 1 is 1.29 bits per heavy atom. The number of nitrogens with one attached hydrogen (secondary N) is 3. The highest BCUT2D eigenvalue weighted by atomic mass is 19.1. The van der Waals surface area contributed by atoms with Crippen molar-refractivity contribution in [1.82, 2.24) is 20.8 Å². The van der Waals surface area contributed by atoms with Crippen LogP contribution in [0.2, 0.25) is 0 Å². The number of H-pyrrole nitrogens is 1. The van der Waals surface area contributed by atoms with E-state index in [2.05, 4.69) is 20.8 Å². The molecular weight excluding hydrogens is 363 g/mol. The minimum Gasteiger partial charge on any atom is -0.444 e. The summed E-state index contributed by atoms with van der Waals surface area (Å²) in [7, 11) is 0. The number of rotatable bonds is 5. The molecule has 1 aromatic heterocycles. The van der Waals surface area contributed by atoms with Crippen molar-refractivity contribution in [1.29, 1.82) is 0 Å². The van der Waals surface area contributed by atoms with E-state index in [1.807, 2.05) is 0 Å². The summed E-state index contributed by atoms with van der Waals surface area (Å²) in [5.74, 6) is -0.827. The van der Waals surface area contributed by atoms with Crippen LogP contribution in [-0.2, 0) is 4.74 Å². The van der Waals surface area contributed by atoms with Crippen LogP contribution < -0.4 is 10.6 Å². The molecule has 0 aliphatic heterocycles. The molecule has 1 heterocycles. The minimum atomic E-state index is -0.594. The van der Waals surface area contributed by atoms with Crippen LogP contribution in [0, 0.1) is 5.82 Å². The third-order valence-corrected chi connectivity index (χ3v) is 4.69. The van der Waals surface area contributed by atoms with E-state index >= 15 is 0 Å². The summed E-state index contributed by atoms with van der Waals surface area (Å²) in [5.41, 5.74) is -0.283. The first-order chi connectivity index (χ1) is 13.2. The van der Waals surface area contributed by atoms with Gasteiger partial charge in [-0.3, -0.25) is 9.89 Å². The van der Waals surface area contributed by atoms with Gasteiger partial charge in [0.25, 0.3) is 5.91 Å². The lowest BCUT2D eigenvalue weighted by molar-refractivity contribution is 0.0378. The molecule has 0 unspecified atom stereocenters. The Morgan fingerprint density at radius 3 is 2.61 bits per heavy atom. The summed E-state index contributed by atoms with van der Waals surface area (Å²) in [6.45, 7) is 5.65. The summed E-state index contributed by atoms with van der Waals surface area (Å²) in [6, 6.07) is 6.18. The van der Waals surface area contributed by atoms with Crippen LogP contribution in [0.3, 0.4) is 0 Å². The third kappa shape index (κ3) is 4.49. The van der Waals surface area contributed by atoms with Crippen molar-refractivity contribution in [2.24, 2.45) is 0 Å². The number of hydrogen-bond donors (Lipinski definition) is 3. The quantitative estimate of drug-likeness (QED) is 0.731. The monoisotopic (exact) mass is 388 g/mol. The summed E-state index contributed by atoms with van der Waals surface area (Å²) in [6.07, 6.45) is 3.32. The Labute approximate surface area is 163 Å². The van der Waals surface area contributed by atoms with Gasteiger partial charge in [-0.1, -0.05) is 12.1 Å². The third-order valence-electron chi connectivity index (χ3n) is 4.69. The number of nitrogens with zero attached hydrogens (tertiary/aromatic N) is 1. The Hall–Kier alpha value is -2.90. The van der Waals surface area contributed by atoms with Gasteiger partial charge < -0.3 is 15.4 Å². The van der Waals surface area contributed by atoms with Gasteiger partial charge >= 0.3 is 6.09 Å². The topological polar surface area (TPSA) is 96.1 Å². The number of ether oxygens (including phenoxy) is 1. The lowest BCUT2D eigenvalue weighted by Gasteiger charge is -2.42. The molecule has 1 saturated carbocycles. The second kappa shape index (κ2) is 7.61. The number of carbonyl (C=O) groups excluding carboxylic acids is 2. The molecule has 7 nitrogen and oxygen atoms in total. The van der Waals surface area contributed by atoms with Gasteiger partial charge in [0.2, 0.25) is 0 Å². The zero-order chi connectivity index (χ0) is 20.4. The van der Waals surface area contributed by atoms with Gasteiger partial charge in [0.15, 0.2) is 0 Å². The van der Waals surface area contributed by atoms with Crippen molar-refractivity contribution in [2.45, 2.75) is 51.2 Å². The van der Waals surface area contributed by atoms with Crippen LogP contribution in [0.15, 0.2) is 30.5 Å². The van der Waals surface area contributed by atoms with Gasteiger partial charge in [0.05, 0.1) is 23.0 Å². The Kier molecular flexibility index (Phi) is 5.40. The van der Waals surface area contributed by atoms with Crippen molar-refractivity contribution in [2.75, 3.05) is 6.54 Å². The molecule has 1 aliphatic rings. The number of halogens is 1. The molecule has 8 heteroatoms. The first-order valence-electron chi connectivity index (χ1n) is 9.27. The number of benzene rings is 1. The van der Waals surface area contributed by atoms with Crippen molar-refractivity contribution in [3.05, 3.63) is 41.8 Å². The highest BCUT2D eigenvalue weighted by Crippen LogP contribution is 2.32. The van der Waals surface area contributed by atoms with E-state index in [4.69, 9.17) is 4.74 Å². The largest absolute Gasteiger partial charge is 0.444 e. The molecule has 3 N–H and O–H groups in total. The second-order valence-electron chi connectivity index (χ2n) is 8.08. The predicted octanol–water partition coefficient (Wildman–Crippen LogP) is 3.39. The highest BCUT2D eigenvalue weighted by molar-refractivity contribution is 5.99. The van der Waals surface area contributed by atoms with E-state index in [9.17, 15) is 14.0 Å². The number of amides is 2. The summed E-state index contributed by atoms with van der Waals surface area (Å²) < 4.78 is 19.4. The van der Waals surface area contributed by atoms with Gasteiger partial charge in [-0.2, -0.15) is 5.10 Å². The number of carbonyl (C=O) groups is 2. The lowest BCUT2D eigenvalue weighted by atomic mass is 9.76. The number of aromatic nitrogens is 2. The molecule has 2 amide bonds. The van der Waals surface area contributed by atoms with Crippen molar-refractivity contribution in [3.8, 4) is 11.3 Å². The van der Waals surface area contributed by atoms with E-state index in [1.165, 1.54) is 12.3 Å². The SMILES string of the molecule is CC(C)(C)OC(=O)NC1(CNC(=O)c2cn[nH]c2-c2ccccc2F)CCC1. The van der Waals surface area contributed by atoms with Gasteiger partial charge in [-0.15, -0.1) is 0 Å². The van der Waals surface area contributed by atoms with Crippen LogP contribution >= 0.6 is 0 Å². The minimum absolute atomic E-state index is 0.247. The molecule has 0 saturated heterocycles. The van der Waals surface area contributed by atoms with Crippen LogP contribution in [0.25, 0.3) is 11.3 Å². The van der Waals surface area contributed by atoms with Gasteiger partial charge in [0.1, 0.15) is 11.4 Å². The van der Waals surface area contributed by atoms with Gasteiger partial charge in [-0.05, 0) is 52.2 Å². The van der Waals surface area contributed by atoms with E-state index in [1.54, 1.807) is 39.0 Å². The molecule has 3 rings (SSSR count). The van der Waals surface area contributed by atoms with E-state index in [-0.39, 0.29) is 23.6 Å². The Bertz CT molecular complexity index is 868. The van der Waals surface area contributed by atoms with Crippen molar-refractivity contribution < 1.29 is 18.7 Å². The summed E-state index contributed by atoms with van der Waals surface area (Å²) >= 11 is 0. The van der Waals surface area contributed by atoms with Crippen molar-refractivity contribution >= 4 is 12.0 Å². The molecule has 0 radical (unpaired) electrons. The number of aromatic amines is 1. The van der Waals surface area contributed by atoms with E-state index < -0.39 is 23.1 Å². The smallest absolute Gasteiger partial charge is 0.408 e. The average molecular weight is 388 g/mol. The highest BCUT2D eigenvalue weighted by Gasteiger charge is 2.40. The number of hydrogen-bond acceptors (Lipinski definition) is 4. The van der Waals surface area contributed by atoms with Crippen LogP contribution in [0.4, 0.5) is 9.18 Å². The van der Waals surface area contributed by atoms with Gasteiger partial charge in [-0.25, -0.2) is 9.18 Å². The maximum Gasteiger partial charge on any atom is 0.408 e. The van der Waals surface area contributed by atoms with Crippen molar-refractivity contribution in [3.63, 3.8) is 0 Å². The molecule has 1 fully saturated rings. The maximum absolute atomic E-state index is 14.1. The standard InChI is InChI=1S/C20H25FN4O3/c1-19(2,3)28-18(27)24-20(9-6-10-20)12-22-17(26)14-11-23-25-16(14)13-7-4-5-8-15(13)21/h4-5,7-8,11H,6,9-10,12H2,1-3H3,(H,22,26)(H,23,25)(H,24,27). The normalized spacial score (nSPS) is 15.4. The fourth-order valence-corrected chi connectivity index (χ4v) is 3.14. The fourth-order valence-electron chi connectivity index (χ4n) is 3.14. The molecule has 0 atom stereocenters. The Morgan fingerprint density at radius 2 is 2.00 bits per heavy atom. The van der Waals surface area contributed by atoms with E-state index in [0.717, 1.165) is 19.3 Å². The first-order valence-corrected chi connectivity index (χ1v) is 9.27. The zero-order valence-electron chi connectivity index (χ0n) is 16.3. The number of alkyl carbamates (subject to hydrolysis) is 1. The van der Waals surface area contributed by atoms with E-state index in [0.29, 0.717) is 5.69 Å². The fraction of sp³-hybridized carbons (Fsp3) is 0.450. The molecule has 0 bridgehead atoms. The first kappa shape index (κ1) is 19.9. The maximum atomic E-state index is 14.1. The molecular formula is C20H25FN4O3. The molecule has 1 aliphatic carbocycles. The van der Waals surface area contributed by atoms with Crippen LogP contribution in [-0.4, -0.2) is 39.9 Å². The zero-order valence-corrected chi connectivity index (χ0v) is 16.3. The van der Waals surface area contributed by atoms with Crippen LogP contribution in [0.1, 0.15) is 50.4 Å². The molecule has 2 aromatic rings. The lowest BCUT2D eigenvalue weighted by Crippen LogP contribution is -2.60. The summed E-state index contributed by atoms with van der Waals surface area (Å²) in [5, 5.41) is 12.3. The molecule has 150 valence electrons. The average Bonchev–Trinajstić information content (AvgIpc) is 3.05. The van der Waals surface area contributed by atoms with Crippen LogP contribution in [0.5, 0.6) is 0 Å². The van der Waals surface area contributed by atoms with Gasteiger partial charge in [0, 0.05) is 12.1 Å². The summed E-state index contributed by atoms with van der Waals surface area (Å²) in [4.78, 5) is 24.8. The predicted molar refractivity (Wildman–Crippen MR) is 102 cm³/mol. The Balaban J connectivity index is 1.67. The molecule has 0 spiro atoms.